The number of hydrogen-bond acceptors (Lipinski definition) is 5. The Morgan fingerprint density at radius 1 is 1.52 bits per heavy atom. The van der Waals surface area contributed by atoms with Crippen molar-refractivity contribution in [2.45, 2.75) is 32.4 Å². The lowest BCUT2D eigenvalue weighted by molar-refractivity contribution is -0.132. The van der Waals surface area contributed by atoms with Gasteiger partial charge in [-0.3, -0.25) is 4.79 Å². The van der Waals surface area contributed by atoms with Gasteiger partial charge in [-0.25, -0.2) is 0 Å². The Balaban J connectivity index is 1.51. The molecular formula is C16H18ClN3O3. The third kappa shape index (κ3) is 4.53. The molecule has 0 aliphatic heterocycles. The molecule has 1 aliphatic carbocycles. The number of hydrogen-bond donors (Lipinski definition) is 1. The lowest BCUT2D eigenvalue weighted by Gasteiger charge is -2.11. The van der Waals surface area contributed by atoms with E-state index in [1.165, 1.54) is 12.8 Å². The second-order valence-corrected chi connectivity index (χ2v) is 6.10. The highest BCUT2D eigenvalue weighted by Crippen LogP contribution is 2.29. The molecule has 1 aromatic carbocycles. The van der Waals surface area contributed by atoms with E-state index in [1.54, 1.807) is 19.1 Å². The van der Waals surface area contributed by atoms with E-state index < -0.39 is 6.10 Å². The predicted octanol–water partition coefficient (Wildman–Crippen LogP) is 2.82. The predicted molar refractivity (Wildman–Crippen MR) is 84.7 cm³/mol. The Morgan fingerprint density at radius 3 is 3.09 bits per heavy atom. The van der Waals surface area contributed by atoms with Crippen LogP contribution in [0, 0.1) is 5.92 Å². The van der Waals surface area contributed by atoms with Crippen molar-refractivity contribution in [3.8, 4) is 11.4 Å². The summed E-state index contributed by atoms with van der Waals surface area (Å²) in [5.74, 6) is 1.21. The summed E-state index contributed by atoms with van der Waals surface area (Å²) >= 11 is 5.94. The van der Waals surface area contributed by atoms with Gasteiger partial charge in [0.05, 0.1) is 13.2 Å². The molecule has 1 saturated carbocycles. The third-order valence-corrected chi connectivity index (χ3v) is 3.85. The maximum atomic E-state index is 11.9. The first-order valence-corrected chi connectivity index (χ1v) is 7.97. The quantitative estimate of drug-likeness (QED) is 0.841. The third-order valence-electron chi connectivity index (χ3n) is 3.61. The first kappa shape index (κ1) is 16.0. The van der Waals surface area contributed by atoms with Crippen molar-refractivity contribution in [3.63, 3.8) is 0 Å². The number of ether oxygens (including phenoxy) is 1. The van der Waals surface area contributed by atoms with Crippen LogP contribution in [0.4, 0.5) is 0 Å². The molecule has 1 heterocycles. The highest BCUT2D eigenvalue weighted by atomic mass is 35.5. The number of amides is 1. The first-order valence-electron chi connectivity index (χ1n) is 7.59. The monoisotopic (exact) mass is 335 g/mol. The number of rotatable bonds is 7. The number of benzene rings is 1. The van der Waals surface area contributed by atoms with Crippen molar-refractivity contribution in [3.05, 3.63) is 35.2 Å². The van der Waals surface area contributed by atoms with Crippen LogP contribution in [-0.4, -0.2) is 28.8 Å². The van der Waals surface area contributed by atoms with Crippen LogP contribution < -0.4 is 5.32 Å². The molecule has 0 radical (unpaired) electrons. The van der Waals surface area contributed by atoms with E-state index in [-0.39, 0.29) is 12.5 Å². The average Bonchev–Trinajstić information content (AvgIpc) is 3.26. The summed E-state index contributed by atoms with van der Waals surface area (Å²) in [4.78, 5) is 16.2. The summed E-state index contributed by atoms with van der Waals surface area (Å²) in [6.07, 6.45) is 1.91. The Kier molecular flexibility index (Phi) is 4.93. The van der Waals surface area contributed by atoms with Crippen molar-refractivity contribution in [2.24, 2.45) is 5.92 Å². The zero-order chi connectivity index (χ0) is 16.2. The van der Waals surface area contributed by atoms with Gasteiger partial charge < -0.3 is 14.6 Å². The Hall–Kier alpha value is -1.92. The smallest absolute Gasteiger partial charge is 0.249 e. The van der Waals surface area contributed by atoms with Crippen LogP contribution in [0.15, 0.2) is 28.8 Å². The van der Waals surface area contributed by atoms with Crippen LogP contribution in [0.5, 0.6) is 0 Å². The second-order valence-electron chi connectivity index (χ2n) is 5.66. The van der Waals surface area contributed by atoms with E-state index in [9.17, 15) is 4.79 Å². The SMILES string of the molecule is C[C@@H](OCC1CC1)C(=O)NCc1nc(-c2cccc(Cl)c2)no1. The number of nitrogens with one attached hydrogen (secondary N) is 1. The van der Waals surface area contributed by atoms with Gasteiger partial charge in [0.15, 0.2) is 0 Å². The average molecular weight is 336 g/mol. The molecule has 1 atom stereocenters. The van der Waals surface area contributed by atoms with Gasteiger partial charge in [0.2, 0.25) is 17.6 Å². The van der Waals surface area contributed by atoms with Gasteiger partial charge in [-0.1, -0.05) is 28.9 Å². The van der Waals surface area contributed by atoms with Crippen LogP contribution >= 0.6 is 11.6 Å². The van der Waals surface area contributed by atoms with Crippen LogP contribution in [0.2, 0.25) is 5.02 Å². The van der Waals surface area contributed by atoms with Gasteiger partial charge in [0.25, 0.3) is 0 Å². The van der Waals surface area contributed by atoms with E-state index in [0.717, 1.165) is 5.56 Å². The molecule has 1 aliphatic rings. The Bertz CT molecular complexity index is 685. The minimum atomic E-state index is -0.481. The molecule has 3 rings (SSSR count). The highest BCUT2D eigenvalue weighted by molar-refractivity contribution is 6.30. The minimum Gasteiger partial charge on any atom is -0.368 e. The standard InChI is InChI=1S/C16H18ClN3O3/c1-10(22-9-11-5-6-11)16(21)18-8-14-19-15(20-23-14)12-3-2-4-13(17)7-12/h2-4,7,10-11H,5-6,8-9H2,1H3,(H,18,21)/t10-/m1/s1. The molecule has 23 heavy (non-hydrogen) atoms. The van der Waals surface area contributed by atoms with E-state index in [1.807, 2.05) is 12.1 Å². The van der Waals surface area contributed by atoms with Crippen molar-refractivity contribution < 1.29 is 14.1 Å². The number of nitrogens with zero attached hydrogens (tertiary/aromatic N) is 2. The fraction of sp³-hybridized carbons (Fsp3) is 0.438. The van der Waals surface area contributed by atoms with Crippen LogP contribution in [0.1, 0.15) is 25.7 Å². The highest BCUT2D eigenvalue weighted by Gasteiger charge is 2.24. The molecule has 6 nitrogen and oxygen atoms in total. The maximum absolute atomic E-state index is 11.9. The van der Waals surface area contributed by atoms with Gasteiger partial charge in [-0.05, 0) is 37.8 Å². The number of carbonyl (C=O) groups is 1. The van der Waals surface area contributed by atoms with Crippen molar-refractivity contribution in [1.29, 1.82) is 0 Å². The van der Waals surface area contributed by atoms with Crippen LogP contribution in [0.3, 0.4) is 0 Å². The topological polar surface area (TPSA) is 77.2 Å². The summed E-state index contributed by atoms with van der Waals surface area (Å²) < 4.78 is 10.6. The van der Waals surface area contributed by atoms with Gasteiger partial charge >= 0.3 is 0 Å². The normalized spacial score (nSPS) is 15.4. The molecule has 1 amide bonds. The molecule has 1 aromatic heterocycles. The van der Waals surface area contributed by atoms with E-state index >= 15 is 0 Å². The van der Waals surface area contributed by atoms with E-state index in [2.05, 4.69) is 15.5 Å². The first-order chi connectivity index (χ1) is 11.1. The van der Waals surface area contributed by atoms with Crippen molar-refractivity contribution in [1.82, 2.24) is 15.5 Å². The van der Waals surface area contributed by atoms with Gasteiger partial charge in [0, 0.05) is 10.6 Å². The van der Waals surface area contributed by atoms with E-state index in [4.69, 9.17) is 20.9 Å². The molecule has 2 aromatic rings. The van der Waals surface area contributed by atoms with E-state index in [0.29, 0.717) is 29.3 Å². The zero-order valence-corrected chi connectivity index (χ0v) is 13.5. The van der Waals surface area contributed by atoms with Gasteiger partial charge in [0.1, 0.15) is 6.10 Å². The lowest BCUT2D eigenvalue weighted by Crippen LogP contribution is -2.34. The molecule has 0 bridgehead atoms. The molecule has 1 fully saturated rings. The van der Waals surface area contributed by atoms with Crippen molar-refractivity contribution in [2.75, 3.05) is 6.61 Å². The largest absolute Gasteiger partial charge is 0.368 e. The molecule has 1 N–H and O–H groups in total. The number of aromatic nitrogens is 2. The number of carbonyl (C=O) groups excluding carboxylic acids is 1. The Morgan fingerprint density at radius 2 is 2.35 bits per heavy atom. The van der Waals surface area contributed by atoms with Gasteiger partial charge in [-0.2, -0.15) is 4.98 Å². The van der Waals surface area contributed by atoms with Crippen molar-refractivity contribution >= 4 is 17.5 Å². The summed E-state index contributed by atoms with van der Waals surface area (Å²) in [5, 5.41) is 7.22. The maximum Gasteiger partial charge on any atom is 0.249 e. The number of halogens is 1. The summed E-state index contributed by atoms with van der Waals surface area (Å²) in [6, 6.07) is 7.18. The zero-order valence-electron chi connectivity index (χ0n) is 12.8. The fourth-order valence-corrected chi connectivity index (χ4v) is 2.21. The molecular weight excluding hydrogens is 318 g/mol. The molecule has 0 saturated heterocycles. The Labute approximate surface area is 139 Å². The summed E-state index contributed by atoms with van der Waals surface area (Å²) in [6.45, 7) is 2.56. The summed E-state index contributed by atoms with van der Waals surface area (Å²) in [5.41, 5.74) is 0.764. The molecule has 122 valence electrons. The molecule has 0 unspecified atom stereocenters. The molecule has 0 spiro atoms. The van der Waals surface area contributed by atoms with Crippen LogP contribution in [0.25, 0.3) is 11.4 Å². The second kappa shape index (κ2) is 7.10. The van der Waals surface area contributed by atoms with Crippen LogP contribution in [-0.2, 0) is 16.1 Å². The van der Waals surface area contributed by atoms with Gasteiger partial charge in [-0.15, -0.1) is 0 Å². The fourth-order valence-electron chi connectivity index (χ4n) is 2.02. The lowest BCUT2D eigenvalue weighted by atomic mass is 10.2. The summed E-state index contributed by atoms with van der Waals surface area (Å²) in [7, 11) is 0. The minimum absolute atomic E-state index is 0.170. The molecule has 7 heteroatoms.